The Bertz CT molecular complexity index is 347. The van der Waals surface area contributed by atoms with Crippen molar-refractivity contribution in [3.05, 3.63) is 12.2 Å². The Morgan fingerprint density at radius 2 is 1.58 bits per heavy atom. The van der Waals surface area contributed by atoms with Crippen molar-refractivity contribution in [2.75, 3.05) is 32.7 Å². The highest BCUT2D eigenvalue weighted by molar-refractivity contribution is 5.72. The Balaban J connectivity index is 3.98. The highest BCUT2D eigenvalue weighted by Gasteiger charge is 2.10. The van der Waals surface area contributed by atoms with E-state index in [9.17, 15) is 4.79 Å². The average molecular weight is 369 g/mol. The Morgan fingerprint density at radius 3 is 2.27 bits per heavy atom. The summed E-state index contributed by atoms with van der Waals surface area (Å²) in [5.74, 6) is 0.743. The van der Waals surface area contributed by atoms with Gasteiger partial charge in [0, 0.05) is 13.5 Å². The van der Waals surface area contributed by atoms with Crippen LogP contribution in [0.1, 0.15) is 77.6 Å². The van der Waals surface area contributed by atoms with E-state index in [4.69, 9.17) is 11.5 Å². The molecule has 0 radical (unpaired) electrons. The number of rotatable bonds is 19. The van der Waals surface area contributed by atoms with Gasteiger partial charge in [-0.05, 0) is 83.5 Å². The lowest BCUT2D eigenvalue weighted by molar-refractivity contribution is -0.118. The molecule has 0 aromatic rings. The Kier molecular flexibility index (Phi) is 18.2. The summed E-state index contributed by atoms with van der Waals surface area (Å²) < 4.78 is 0. The third-order valence-electron chi connectivity index (χ3n) is 4.72. The molecule has 0 aromatic heterocycles. The molecule has 1 amide bonds. The van der Waals surface area contributed by atoms with Crippen LogP contribution < -0.4 is 22.1 Å². The van der Waals surface area contributed by atoms with Crippen LogP contribution in [-0.4, -0.2) is 38.6 Å². The number of carbonyl (C=O) groups is 1. The van der Waals surface area contributed by atoms with Gasteiger partial charge in [0.1, 0.15) is 0 Å². The van der Waals surface area contributed by atoms with Crippen LogP contribution in [0.3, 0.4) is 0 Å². The second kappa shape index (κ2) is 18.9. The number of amides is 1. The number of hydrogen-bond donors (Lipinski definition) is 4. The number of nitrogens with two attached hydrogens (primary N) is 2. The van der Waals surface area contributed by atoms with Crippen LogP contribution in [0.25, 0.3) is 0 Å². The molecule has 5 heteroatoms. The monoisotopic (exact) mass is 368 g/mol. The molecule has 26 heavy (non-hydrogen) atoms. The number of unbranched alkanes of at least 4 members (excludes halogenated alkanes) is 5. The molecular weight excluding hydrogens is 324 g/mol. The van der Waals surface area contributed by atoms with E-state index in [1.54, 1.807) is 6.92 Å². The van der Waals surface area contributed by atoms with Gasteiger partial charge in [0.15, 0.2) is 0 Å². The van der Waals surface area contributed by atoms with E-state index in [1.807, 2.05) is 0 Å². The van der Waals surface area contributed by atoms with Crippen LogP contribution in [0.2, 0.25) is 0 Å². The van der Waals surface area contributed by atoms with Crippen molar-refractivity contribution < 1.29 is 4.79 Å². The topological polar surface area (TPSA) is 93.2 Å². The number of nitrogens with one attached hydrogen (secondary N) is 2. The fourth-order valence-corrected chi connectivity index (χ4v) is 3.18. The third kappa shape index (κ3) is 17.9. The van der Waals surface area contributed by atoms with E-state index in [2.05, 4.69) is 17.2 Å². The summed E-state index contributed by atoms with van der Waals surface area (Å²) in [5, 5.41) is 6.46. The molecule has 0 heterocycles. The van der Waals surface area contributed by atoms with Crippen molar-refractivity contribution in [2.24, 2.45) is 17.4 Å². The zero-order chi connectivity index (χ0) is 19.5. The van der Waals surface area contributed by atoms with Crippen LogP contribution in [0.4, 0.5) is 0 Å². The Hall–Kier alpha value is -0.910. The maximum atomic E-state index is 10.8. The maximum absolute atomic E-state index is 10.8. The molecule has 0 rings (SSSR count). The first-order chi connectivity index (χ1) is 12.6. The molecule has 0 bridgehead atoms. The summed E-state index contributed by atoms with van der Waals surface area (Å²) in [4.78, 5) is 10.8. The van der Waals surface area contributed by atoms with Gasteiger partial charge in [0.25, 0.3) is 0 Å². The van der Waals surface area contributed by atoms with Crippen molar-refractivity contribution in [2.45, 2.75) is 77.6 Å². The van der Waals surface area contributed by atoms with E-state index in [0.29, 0.717) is 5.92 Å². The highest BCUT2D eigenvalue weighted by atomic mass is 16.1. The van der Waals surface area contributed by atoms with Gasteiger partial charge in [-0.1, -0.05) is 31.4 Å². The van der Waals surface area contributed by atoms with Gasteiger partial charge < -0.3 is 22.1 Å². The molecule has 154 valence electrons. The largest absolute Gasteiger partial charge is 0.356 e. The van der Waals surface area contributed by atoms with Crippen LogP contribution in [-0.2, 0) is 4.79 Å². The van der Waals surface area contributed by atoms with Crippen LogP contribution in [0, 0.1) is 5.92 Å². The van der Waals surface area contributed by atoms with Crippen LogP contribution in [0.5, 0.6) is 0 Å². The summed E-state index contributed by atoms with van der Waals surface area (Å²) in [6.07, 6.45) is 12.7. The van der Waals surface area contributed by atoms with Crippen molar-refractivity contribution >= 4 is 5.91 Å². The average Bonchev–Trinajstić information content (AvgIpc) is 2.60. The van der Waals surface area contributed by atoms with Gasteiger partial charge in [0.05, 0.1) is 0 Å². The van der Waals surface area contributed by atoms with Crippen molar-refractivity contribution in [1.29, 1.82) is 0 Å². The predicted molar refractivity (Wildman–Crippen MR) is 113 cm³/mol. The zero-order valence-corrected chi connectivity index (χ0v) is 17.2. The second-order valence-electron chi connectivity index (χ2n) is 7.45. The summed E-state index contributed by atoms with van der Waals surface area (Å²) in [6.45, 7) is 10.4. The van der Waals surface area contributed by atoms with Crippen LogP contribution in [0.15, 0.2) is 12.2 Å². The van der Waals surface area contributed by atoms with Crippen LogP contribution >= 0.6 is 0 Å². The van der Waals surface area contributed by atoms with Crippen molar-refractivity contribution in [1.82, 2.24) is 10.6 Å². The number of hydrogen-bond acceptors (Lipinski definition) is 4. The van der Waals surface area contributed by atoms with E-state index in [1.165, 1.54) is 31.3 Å². The molecule has 1 unspecified atom stereocenters. The fraction of sp³-hybridized carbons (Fsp3) is 0.857. The van der Waals surface area contributed by atoms with E-state index >= 15 is 0 Å². The first-order valence-corrected chi connectivity index (χ1v) is 10.6. The number of allylic oxidation sites excluding steroid dienone is 1. The van der Waals surface area contributed by atoms with E-state index in [0.717, 1.165) is 77.7 Å². The summed E-state index contributed by atoms with van der Waals surface area (Å²) in [7, 11) is 0. The molecule has 0 fully saturated rings. The minimum Gasteiger partial charge on any atom is -0.356 e. The summed E-state index contributed by atoms with van der Waals surface area (Å²) >= 11 is 0. The van der Waals surface area contributed by atoms with Gasteiger partial charge in [-0.3, -0.25) is 4.79 Å². The minimum atomic E-state index is 0.0684. The fourth-order valence-electron chi connectivity index (χ4n) is 3.18. The molecule has 0 aromatic carbocycles. The van der Waals surface area contributed by atoms with Gasteiger partial charge in [-0.2, -0.15) is 0 Å². The lowest BCUT2D eigenvalue weighted by Gasteiger charge is -2.19. The molecule has 0 aliphatic carbocycles. The first kappa shape index (κ1) is 25.1. The molecule has 0 aliphatic heterocycles. The minimum absolute atomic E-state index is 0.0684. The molecule has 6 N–H and O–H groups in total. The first-order valence-electron chi connectivity index (χ1n) is 10.6. The second-order valence-corrected chi connectivity index (χ2v) is 7.45. The standard InChI is InChI=1S/C21H44N4O/c1-19(11-6-7-13-22)17-21(18-24-15-10-8-14-23)12-5-3-4-9-16-25-20(2)26/h21,24H,1,3-18,22-23H2,2H3,(H,25,26). The zero-order valence-electron chi connectivity index (χ0n) is 17.2. The molecular formula is C21H44N4O. The normalized spacial score (nSPS) is 12.1. The molecule has 0 saturated carbocycles. The maximum Gasteiger partial charge on any atom is 0.216 e. The quantitative estimate of drug-likeness (QED) is 0.208. The highest BCUT2D eigenvalue weighted by Crippen LogP contribution is 2.21. The predicted octanol–water partition coefficient (Wildman–Crippen LogP) is 3.09. The summed E-state index contributed by atoms with van der Waals surface area (Å²) in [5.41, 5.74) is 12.5. The van der Waals surface area contributed by atoms with Gasteiger partial charge >= 0.3 is 0 Å². The molecule has 1 atom stereocenters. The molecule has 5 nitrogen and oxygen atoms in total. The molecule has 0 spiro atoms. The van der Waals surface area contributed by atoms with Crippen molar-refractivity contribution in [3.63, 3.8) is 0 Å². The number of carbonyl (C=O) groups excluding carboxylic acids is 1. The van der Waals surface area contributed by atoms with Crippen molar-refractivity contribution in [3.8, 4) is 0 Å². The van der Waals surface area contributed by atoms with Gasteiger partial charge in [-0.25, -0.2) is 0 Å². The van der Waals surface area contributed by atoms with Gasteiger partial charge in [0.2, 0.25) is 5.91 Å². The third-order valence-corrected chi connectivity index (χ3v) is 4.72. The van der Waals surface area contributed by atoms with Gasteiger partial charge in [-0.15, -0.1) is 0 Å². The lowest BCUT2D eigenvalue weighted by atomic mass is 9.92. The lowest BCUT2D eigenvalue weighted by Crippen LogP contribution is -2.25. The smallest absolute Gasteiger partial charge is 0.216 e. The molecule has 0 saturated heterocycles. The summed E-state index contributed by atoms with van der Waals surface area (Å²) in [6, 6.07) is 0. The SMILES string of the molecule is C=C(CCCCN)CC(CCCCCCNC(C)=O)CNCCCCN. The van der Waals surface area contributed by atoms with E-state index < -0.39 is 0 Å². The Morgan fingerprint density at radius 1 is 0.923 bits per heavy atom. The Labute approximate surface area is 161 Å². The van der Waals surface area contributed by atoms with E-state index in [-0.39, 0.29) is 5.91 Å². The molecule has 0 aliphatic rings.